The number of aromatic amines is 1. The van der Waals surface area contributed by atoms with Crippen molar-refractivity contribution in [3.8, 4) is 0 Å². The lowest BCUT2D eigenvalue weighted by Crippen LogP contribution is -2.44. The smallest absolute Gasteiger partial charge is 0.114 e. The van der Waals surface area contributed by atoms with Gasteiger partial charge in [-0.05, 0) is 25.9 Å². The van der Waals surface area contributed by atoms with Crippen molar-refractivity contribution in [3.05, 3.63) is 17.7 Å². The largest absolute Gasteiger partial charge is 0.368 e. The van der Waals surface area contributed by atoms with Gasteiger partial charge in [-0.25, -0.2) is 4.98 Å². The van der Waals surface area contributed by atoms with E-state index in [2.05, 4.69) is 15.3 Å². The Morgan fingerprint density at radius 2 is 2.21 bits per heavy atom. The number of ether oxygens (including phenoxy) is 1. The zero-order chi connectivity index (χ0) is 9.43. The van der Waals surface area contributed by atoms with E-state index in [9.17, 15) is 0 Å². The molecule has 1 aromatic heterocycles. The van der Waals surface area contributed by atoms with Crippen LogP contribution in [0.4, 0.5) is 0 Å². The van der Waals surface area contributed by atoms with Gasteiger partial charge in [0.25, 0.3) is 0 Å². The highest BCUT2D eigenvalue weighted by atomic mass is 16.5. The van der Waals surface area contributed by atoms with Crippen LogP contribution in [-0.4, -0.2) is 29.7 Å². The summed E-state index contributed by atoms with van der Waals surface area (Å²) in [6.07, 6.45) is 4.86. The number of piperidine rings is 1. The van der Waals surface area contributed by atoms with Crippen LogP contribution in [0.25, 0.3) is 0 Å². The molecule has 14 heavy (non-hydrogen) atoms. The number of imidazole rings is 1. The number of fused-ring (bicyclic) bond motifs is 2. The third-order valence-corrected chi connectivity index (χ3v) is 3.29. The minimum atomic E-state index is -0.0845. The zero-order valence-electron chi connectivity index (χ0n) is 8.18. The third kappa shape index (κ3) is 1.11. The lowest BCUT2D eigenvalue weighted by Gasteiger charge is -2.39. The number of rotatable bonds is 0. The summed E-state index contributed by atoms with van der Waals surface area (Å²) < 4.78 is 5.97. The molecule has 76 valence electrons. The van der Waals surface area contributed by atoms with Gasteiger partial charge in [0.2, 0.25) is 0 Å². The van der Waals surface area contributed by atoms with E-state index in [4.69, 9.17) is 4.74 Å². The molecule has 1 spiro atoms. The Hall–Kier alpha value is -0.870. The van der Waals surface area contributed by atoms with E-state index in [1.807, 2.05) is 0 Å². The van der Waals surface area contributed by atoms with Crippen molar-refractivity contribution in [2.24, 2.45) is 0 Å². The molecule has 4 heteroatoms. The zero-order valence-corrected chi connectivity index (χ0v) is 8.18. The average Bonchev–Trinajstić information content (AvgIpc) is 2.69. The first-order valence-electron chi connectivity index (χ1n) is 5.28. The molecule has 2 aliphatic heterocycles. The van der Waals surface area contributed by atoms with Gasteiger partial charge in [-0.15, -0.1) is 0 Å². The first kappa shape index (κ1) is 8.44. The average molecular weight is 193 g/mol. The number of H-pyrrole nitrogens is 1. The monoisotopic (exact) mass is 193 g/mol. The molecule has 0 bridgehead atoms. The summed E-state index contributed by atoms with van der Waals surface area (Å²) in [7, 11) is 0. The van der Waals surface area contributed by atoms with Crippen LogP contribution in [-0.2, 0) is 16.8 Å². The highest BCUT2D eigenvalue weighted by molar-refractivity contribution is 5.23. The Balaban J connectivity index is 2.01. The first-order valence-corrected chi connectivity index (χ1v) is 5.28. The van der Waals surface area contributed by atoms with Gasteiger partial charge in [-0.2, -0.15) is 0 Å². The van der Waals surface area contributed by atoms with Gasteiger partial charge >= 0.3 is 0 Å². The summed E-state index contributed by atoms with van der Waals surface area (Å²) in [5.41, 5.74) is 2.35. The lowest BCUT2D eigenvalue weighted by molar-refractivity contribution is -0.0834. The van der Waals surface area contributed by atoms with Crippen LogP contribution in [0, 0.1) is 0 Å². The Morgan fingerprint density at radius 3 is 3.07 bits per heavy atom. The Bertz CT molecular complexity index is 328. The summed E-state index contributed by atoms with van der Waals surface area (Å²) in [6, 6.07) is 0. The second-order valence-electron chi connectivity index (χ2n) is 4.07. The van der Waals surface area contributed by atoms with Crippen molar-refractivity contribution in [1.82, 2.24) is 15.3 Å². The molecule has 1 fully saturated rings. The van der Waals surface area contributed by atoms with Crippen molar-refractivity contribution < 1.29 is 4.74 Å². The molecule has 0 radical (unpaired) electrons. The molecule has 2 N–H and O–H groups in total. The standard InChI is InChI=1S/C10H15N3O/c1-6-14-10(2-4-11-5-3-10)9-8(1)12-7-13-9/h7,11H,1-6H2,(H,12,13). The number of nitrogens with zero attached hydrogens (tertiary/aromatic N) is 1. The lowest BCUT2D eigenvalue weighted by atomic mass is 9.85. The summed E-state index contributed by atoms with van der Waals surface area (Å²) in [4.78, 5) is 7.64. The predicted octanol–water partition coefficient (Wildman–Crippen LogP) is 0.561. The van der Waals surface area contributed by atoms with E-state index in [-0.39, 0.29) is 5.60 Å². The van der Waals surface area contributed by atoms with Gasteiger partial charge in [0.1, 0.15) is 5.60 Å². The van der Waals surface area contributed by atoms with E-state index in [1.54, 1.807) is 6.33 Å². The van der Waals surface area contributed by atoms with Crippen LogP contribution in [0.3, 0.4) is 0 Å². The topological polar surface area (TPSA) is 49.9 Å². The van der Waals surface area contributed by atoms with E-state index < -0.39 is 0 Å². The minimum absolute atomic E-state index is 0.0845. The second-order valence-corrected chi connectivity index (χ2v) is 4.07. The Morgan fingerprint density at radius 1 is 1.36 bits per heavy atom. The van der Waals surface area contributed by atoms with Gasteiger partial charge < -0.3 is 15.0 Å². The molecule has 0 aromatic carbocycles. The minimum Gasteiger partial charge on any atom is -0.368 e. The van der Waals surface area contributed by atoms with Crippen LogP contribution in [0.2, 0.25) is 0 Å². The van der Waals surface area contributed by atoms with Crippen LogP contribution >= 0.6 is 0 Å². The van der Waals surface area contributed by atoms with Gasteiger partial charge in [-0.1, -0.05) is 0 Å². The van der Waals surface area contributed by atoms with Crippen LogP contribution in [0.15, 0.2) is 6.33 Å². The Labute approximate surface area is 83.1 Å². The highest BCUT2D eigenvalue weighted by Crippen LogP contribution is 2.37. The van der Waals surface area contributed by atoms with E-state index in [0.29, 0.717) is 0 Å². The maximum atomic E-state index is 5.97. The van der Waals surface area contributed by atoms with E-state index in [1.165, 1.54) is 5.69 Å². The number of aromatic nitrogens is 2. The molecular weight excluding hydrogens is 178 g/mol. The maximum absolute atomic E-state index is 5.97. The molecule has 0 amide bonds. The molecule has 3 heterocycles. The molecule has 3 rings (SSSR count). The summed E-state index contributed by atoms with van der Waals surface area (Å²) in [5, 5.41) is 3.36. The molecule has 1 aromatic rings. The van der Waals surface area contributed by atoms with Crippen LogP contribution in [0.5, 0.6) is 0 Å². The van der Waals surface area contributed by atoms with Crippen molar-refractivity contribution >= 4 is 0 Å². The van der Waals surface area contributed by atoms with E-state index >= 15 is 0 Å². The summed E-state index contributed by atoms with van der Waals surface area (Å²) in [6.45, 7) is 2.90. The quantitative estimate of drug-likeness (QED) is 0.633. The summed E-state index contributed by atoms with van der Waals surface area (Å²) >= 11 is 0. The number of hydrogen-bond donors (Lipinski definition) is 2. The van der Waals surface area contributed by atoms with Gasteiger partial charge in [0.05, 0.1) is 18.6 Å². The van der Waals surface area contributed by atoms with E-state index in [0.717, 1.165) is 44.7 Å². The van der Waals surface area contributed by atoms with Crippen LogP contribution < -0.4 is 5.32 Å². The van der Waals surface area contributed by atoms with Crippen LogP contribution in [0.1, 0.15) is 24.2 Å². The van der Waals surface area contributed by atoms with Gasteiger partial charge in [0.15, 0.2) is 0 Å². The predicted molar refractivity (Wildman–Crippen MR) is 52.0 cm³/mol. The second kappa shape index (κ2) is 3.07. The highest BCUT2D eigenvalue weighted by Gasteiger charge is 2.40. The molecule has 1 saturated heterocycles. The SMILES string of the molecule is c1nc2c([nH]1)CCOC21CCNCC1. The molecule has 0 saturated carbocycles. The van der Waals surface area contributed by atoms with Crippen molar-refractivity contribution in [3.63, 3.8) is 0 Å². The number of nitrogens with one attached hydrogen (secondary N) is 2. The number of hydrogen-bond acceptors (Lipinski definition) is 3. The third-order valence-electron chi connectivity index (χ3n) is 3.29. The summed E-state index contributed by atoms with van der Waals surface area (Å²) in [5.74, 6) is 0. The molecule has 0 atom stereocenters. The fraction of sp³-hybridized carbons (Fsp3) is 0.700. The normalized spacial score (nSPS) is 24.9. The maximum Gasteiger partial charge on any atom is 0.114 e. The van der Waals surface area contributed by atoms with Gasteiger partial charge in [-0.3, -0.25) is 0 Å². The first-order chi connectivity index (χ1) is 6.91. The fourth-order valence-corrected chi connectivity index (χ4v) is 2.53. The molecule has 0 aliphatic carbocycles. The molecule has 4 nitrogen and oxygen atoms in total. The van der Waals surface area contributed by atoms with Crippen molar-refractivity contribution in [2.45, 2.75) is 24.9 Å². The molecule has 0 unspecified atom stereocenters. The van der Waals surface area contributed by atoms with Crippen molar-refractivity contribution in [1.29, 1.82) is 0 Å². The Kier molecular flexibility index (Phi) is 1.85. The fourth-order valence-electron chi connectivity index (χ4n) is 2.53. The molecule has 2 aliphatic rings. The van der Waals surface area contributed by atoms with Crippen molar-refractivity contribution in [2.75, 3.05) is 19.7 Å². The van der Waals surface area contributed by atoms with Gasteiger partial charge in [0, 0.05) is 12.1 Å². The molecular formula is C10H15N3O.